The molecule has 5 heteroatoms. The van der Waals surface area contributed by atoms with Gasteiger partial charge in [-0.25, -0.2) is 0 Å². The standard InChI is InChI=1S/C4H7Cl2NO2/c5-2(1-8)3(6)4(7)9/h2-3,8H,1H2,(H2,7,9)/t2-,3+/m1/s1. The van der Waals surface area contributed by atoms with Crippen LogP contribution in [0.2, 0.25) is 0 Å². The molecule has 0 rings (SSSR count). The van der Waals surface area contributed by atoms with Crippen LogP contribution in [0.5, 0.6) is 0 Å². The second kappa shape index (κ2) is 3.93. The Morgan fingerprint density at radius 2 is 2.11 bits per heavy atom. The van der Waals surface area contributed by atoms with Crippen LogP contribution in [0.25, 0.3) is 0 Å². The summed E-state index contributed by atoms with van der Waals surface area (Å²) < 4.78 is 0. The van der Waals surface area contributed by atoms with E-state index in [1.54, 1.807) is 0 Å². The maximum Gasteiger partial charge on any atom is 0.237 e. The van der Waals surface area contributed by atoms with Crippen LogP contribution >= 0.6 is 23.2 Å². The predicted octanol–water partition coefficient (Wildman–Crippen LogP) is -0.321. The maximum absolute atomic E-state index is 10.2. The Bertz CT molecular complexity index is 109. The zero-order valence-electron chi connectivity index (χ0n) is 4.55. The number of hydrogen-bond acceptors (Lipinski definition) is 2. The summed E-state index contributed by atoms with van der Waals surface area (Å²) in [6, 6.07) is 0. The molecule has 0 saturated heterocycles. The van der Waals surface area contributed by atoms with E-state index in [1.807, 2.05) is 0 Å². The lowest BCUT2D eigenvalue weighted by Gasteiger charge is -2.07. The van der Waals surface area contributed by atoms with Gasteiger partial charge in [0.2, 0.25) is 5.91 Å². The smallest absolute Gasteiger partial charge is 0.237 e. The van der Waals surface area contributed by atoms with E-state index < -0.39 is 16.7 Å². The molecule has 2 atom stereocenters. The van der Waals surface area contributed by atoms with Crippen molar-refractivity contribution in [1.82, 2.24) is 0 Å². The molecule has 0 saturated carbocycles. The van der Waals surface area contributed by atoms with Crippen molar-refractivity contribution in [1.29, 1.82) is 0 Å². The van der Waals surface area contributed by atoms with Crippen LogP contribution in [0, 0.1) is 0 Å². The van der Waals surface area contributed by atoms with E-state index in [-0.39, 0.29) is 6.61 Å². The van der Waals surface area contributed by atoms with Crippen molar-refractivity contribution in [3.63, 3.8) is 0 Å². The Morgan fingerprint density at radius 3 is 2.22 bits per heavy atom. The second-order valence-corrected chi connectivity index (χ2v) is 2.53. The number of alkyl halides is 2. The number of halogens is 2. The molecule has 3 nitrogen and oxygen atoms in total. The van der Waals surface area contributed by atoms with E-state index in [2.05, 4.69) is 0 Å². The molecule has 0 fully saturated rings. The molecule has 1 amide bonds. The third-order valence-electron chi connectivity index (χ3n) is 0.764. The molecule has 9 heavy (non-hydrogen) atoms. The van der Waals surface area contributed by atoms with Gasteiger partial charge in [-0.15, -0.1) is 23.2 Å². The first-order valence-electron chi connectivity index (χ1n) is 2.28. The molecule has 0 aromatic rings. The maximum atomic E-state index is 10.2. The lowest BCUT2D eigenvalue weighted by atomic mass is 10.3. The molecular weight excluding hydrogens is 165 g/mol. The van der Waals surface area contributed by atoms with Gasteiger partial charge < -0.3 is 10.8 Å². The molecular formula is C4H7Cl2NO2. The first kappa shape index (κ1) is 9.01. The van der Waals surface area contributed by atoms with Gasteiger partial charge in [0.15, 0.2) is 0 Å². The molecule has 0 bridgehead atoms. The van der Waals surface area contributed by atoms with Crippen molar-refractivity contribution >= 4 is 29.1 Å². The van der Waals surface area contributed by atoms with Gasteiger partial charge in [-0.05, 0) is 0 Å². The molecule has 0 radical (unpaired) electrons. The monoisotopic (exact) mass is 171 g/mol. The van der Waals surface area contributed by atoms with Gasteiger partial charge in [0, 0.05) is 0 Å². The van der Waals surface area contributed by atoms with Crippen molar-refractivity contribution in [2.75, 3.05) is 6.61 Å². The lowest BCUT2D eigenvalue weighted by molar-refractivity contribution is -0.117. The molecule has 0 aliphatic rings. The van der Waals surface area contributed by atoms with Crippen LogP contribution in [0.3, 0.4) is 0 Å². The highest BCUT2D eigenvalue weighted by Gasteiger charge is 2.20. The van der Waals surface area contributed by atoms with E-state index in [1.165, 1.54) is 0 Å². The largest absolute Gasteiger partial charge is 0.395 e. The van der Waals surface area contributed by atoms with Crippen molar-refractivity contribution in [3.05, 3.63) is 0 Å². The second-order valence-electron chi connectivity index (χ2n) is 1.50. The Balaban J connectivity index is 3.72. The van der Waals surface area contributed by atoms with Crippen molar-refractivity contribution < 1.29 is 9.90 Å². The number of rotatable bonds is 3. The minimum Gasteiger partial charge on any atom is -0.395 e. The van der Waals surface area contributed by atoms with E-state index in [0.717, 1.165) is 0 Å². The number of aliphatic hydroxyl groups is 1. The zero-order valence-corrected chi connectivity index (χ0v) is 6.06. The predicted molar refractivity (Wildman–Crippen MR) is 35.6 cm³/mol. The van der Waals surface area contributed by atoms with Crippen molar-refractivity contribution in [2.24, 2.45) is 5.73 Å². The van der Waals surface area contributed by atoms with Crippen molar-refractivity contribution in [3.8, 4) is 0 Å². The number of nitrogens with two attached hydrogens (primary N) is 1. The fourth-order valence-corrected chi connectivity index (χ4v) is 0.475. The normalized spacial score (nSPS) is 16.8. The van der Waals surface area contributed by atoms with Crippen LogP contribution in [0.15, 0.2) is 0 Å². The Labute approximate surface area is 62.7 Å². The van der Waals surface area contributed by atoms with Crippen LogP contribution in [-0.4, -0.2) is 28.4 Å². The van der Waals surface area contributed by atoms with Gasteiger partial charge in [0.1, 0.15) is 5.38 Å². The van der Waals surface area contributed by atoms with Crippen LogP contribution in [-0.2, 0) is 4.79 Å². The molecule has 0 aliphatic carbocycles. The molecule has 54 valence electrons. The van der Waals surface area contributed by atoms with Gasteiger partial charge in [-0.3, -0.25) is 4.79 Å². The summed E-state index contributed by atoms with van der Waals surface area (Å²) >= 11 is 10.6. The van der Waals surface area contributed by atoms with Crippen LogP contribution < -0.4 is 5.73 Å². The van der Waals surface area contributed by atoms with Gasteiger partial charge in [0.05, 0.1) is 12.0 Å². The Hall–Kier alpha value is 0.01000. The van der Waals surface area contributed by atoms with Gasteiger partial charge >= 0.3 is 0 Å². The Kier molecular flexibility index (Phi) is 3.93. The fraction of sp³-hybridized carbons (Fsp3) is 0.750. The summed E-state index contributed by atoms with van der Waals surface area (Å²) in [5.41, 5.74) is 4.75. The Morgan fingerprint density at radius 1 is 1.67 bits per heavy atom. The number of carbonyl (C=O) groups excluding carboxylic acids is 1. The van der Waals surface area contributed by atoms with E-state index in [9.17, 15) is 4.79 Å². The summed E-state index contributed by atoms with van der Waals surface area (Å²) in [7, 11) is 0. The van der Waals surface area contributed by atoms with E-state index in [4.69, 9.17) is 34.0 Å². The van der Waals surface area contributed by atoms with Crippen LogP contribution in [0.1, 0.15) is 0 Å². The average molecular weight is 172 g/mol. The quantitative estimate of drug-likeness (QED) is 0.573. The first-order valence-corrected chi connectivity index (χ1v) is 3.15. The third kappa shape index (κ3) is 2.89. The highest BCUT2D eigenvalue weighted by atomic mass is 35.5. The summed E-state index contributed by atoms with van der Waals surface area (Å²) in [6.07, 6.45) is 0. The van der Waals surface area contributed by atoms with Crippen molar-refractivity contribution in [2.45, 2.75) is 10.8 Å². The van der Waals surface area contributed by atoms with E-state index in [0.29, 0.717) is 0 Å². The summed E-state index contributed by atoms with van der Waals surface area (Å²) in [4.78, 5) is 10.2. The summed E-state index contributed by atoms with van der Waals surface area (Å²) in [6.45, 7) is -0.349. The number of carbonyl (C=O) groups is 1. The van der Waals surface area contributed by atoms with Crippen LogP contribution in [0.4, 0.5) is 0 Å². The SMILES string of the molecule is NC(=O)[C@@H](Cl)[C@H](Cl)CO. The highest BCUT2D eigenvalue weighted by Crippen LogP contribution is 2.07. The van der Waals surface area contributed by atoms with E-state index >= 15 is 0 Å². The van der Waals surface area contributed by atoms with Gasteiger partial charge in [0.25, 0.3) is 0 Å². The zero-order chi connectivity index (χ0) is 7.44. The lowest BCUT2D eigenvalue weighted by Crippen LogP contribution is -2.33. The molecule has 0 spiro atoms. The minimum atomic E-state index is -0.989. The topological polar surface area (TPSA) is 63.3 Å². The number of aliphatic hydroxyl groups excluding tert-OH is 1. The molecule has 0 aromatic heterocycles. The third-order valence-corrected chi connectivity index (χ3v) is 1.80. The molecule has 0 unspecified atom stereocenters. The first-order chi connectivity index (χ1) is 4.09. The highest BCUT2D eigenvalue weighted by molar-refractivity contribution is 6.37. The molecule has 3 N–H and O–H groups in total. The summed E-state index contributed by atoms with van der Waals surface area (Å²) in [5.74, 6) is -0.717. The van der Waals surface area contributed by atoms with Gasteiger partial charge in [-0.2, -0.15) is 0 Å². The molecule has 0 aromatic carbocycles. The fourth-order valence-electron chi connectivity index (χ4n) is 0.271. The number of hydrogen-bond donors (Lipinski definition) is 2. The van der Waals surface area contributed by atoms with Gasteiger partial charge in [-0.1, -0.05) is 0 Å². The average Bonchev–Trinajstić information content (AvgIpc) is 1.84. The molecule has 0 heterocycles. The number of amides is 1. The molecule has 0 aliphatic heterocycles. The minimum absolute atomic E-state index is 0.349. The summed E-state index contributed by atoms with van der Waals surface area (Å²) in [5, 5.41) is 6.55. The number of primary amides is 1.